The van der Waals surface area contributed by atoms with Crippen LogP contribution in [0, 0.1) is 0 Å². The molecule has 2 aliphatic rings. The molecule has 2 heterocycles. The number of methoxy groups -OCH3 is 1. The van der Waals surface area contributed by atoms with Crippen LogP contribution >= 0.6 is 0 Å². The molecule has 0 bridgehead atoms. The fourth-order valence-electron chi connectivity index (χ4n) is 3.34. The summed E-state index contributed by atoms with van der Waals surface area (Å²) in [6, 6.07) is 6.10. The molecule has 1 aromatic carbocycles. The van der Waals surface area contributed by atoms with Crippen molar-refractivity contribution in [3.8, 4) is 0 Å². The monoisotopic (exact) mass is 376 g/mol. The van der Waals surface area contributed by atoms with Crippen molar-refractivity contribution in [2.45, 2.75) is 43.0 Å². The summed E-state index contributed by atoms with van der Waals surface area (Å²) in [6.45, 7) is 0.452. The smallest absolute Gasteiger partial charge is 0.339 e. The lowest BCUT2D eigenvalue weighted by molar-refractivity contribution is 0.0596. The van der Waals surface area contributed by atoms with Crippen LogP contribution in [0.15, 0.2) is 33.6 Å². The van der Waals surface area contributed by atoms with Crippen molar-refractivity contribution < 1.29 is 22.4 Å². The summed E-state index contributed by atoms with van der Waals surface area (Å²) in [7, 11) is -2.61. The summed E-state index contributed by atoms with van der Waals surface area (Å²) >= 11 is 0. The number of fused-ring (bicyclic) bond motifs is 1. The number of oxazole rings is 1. The molecular formula is C18H20N2O5S. The average molecular weight is 376 g/mol. The zero-order valence-corrected chi connectivity index (χ0v) is 15.3. The molecule has 7 nitrogen and oxygen atoms in total. The van der Waals surface area contributed by atoms with Gasteiger partial charge in [0.05, 0.1) is 29.8 Å². The van der Waals surface area contributed by atoms with Crippen LogP contribution in [-0.4, -0.2) is 37.3 Å². The van der Waals surface area contributed by atoms with E-state index >= 15 is 0 Å². The first-order valence-electron chi connectivity index (χ1n) is 8.66. The summed E-state index contributed by atoms with van der Waals surface area (Å²) in [4.78, 5) is 16.4. The van der Waals surface area contributed by atoms with Gasteiger partial charge in [-0.2, -0.15) is 4.31 Å². The number of ether oxygens (including phenoxy) is 1. The molecule has 1 aliphatic carbocycles. The van der Waals surface area contributed by atoms with Crippen LogP contribution in [0.4, 0.5) is 0 Å². The largest absolute Gasteiger partial charge is 0.465 e. The number of nitrogens with zero attached hydrogens (tertiary/aromatic N) is 2. The third kappa shape index (κ3) is 2.83. The Kier molecular flexibility index (Phi) is 4.32. The highest BCUT2D eigenvalue weighted by Crippen LogP contribution is 2.37. The molecule has 0 saturated heterocycles. The molecular weight excluding hydrogens is 356 g/mol. The molecule has 4 rings (SSSR count). The molecule has 26 heavy (non-hydrogen) atoms. The second kappa shape index (κ2) is 6.51. The van der Waals surface area contributed by atoms with Gasteiger partial charge in [0.15, 0.2) is 5.89 Å². The normalized spacial score (nSPS) is 18.2. The fraction of sp³-hybridized carbons (Fsp3) is 0.444. The average Bonchev–Trinajstić information content (AvgIpc) is 3.01. The van der Waals surface area contributed by atoms with Crippen LogP contribution in [0.25, 0.3) is 0 Å². The van der Waals surface area contributed by atoms with Crippen molar-refractivity contribution in [3.05, 3.63) is 47.2 Å². The maximum Gasteiger partial charge on any atom is 0.339 e. The molecule has 0 spiro atoms. The van der Waals surface area contributed by atoms with E-state index in [0.29, 0.717) is 24.6 Å². The number of hydrogen-bond acceptors (Lipinski definition) is 6. The van der Waals surface area contributed by atoms with Crippen LogP contribution in [0.3, 0.4) is 0 Å². The number of esters is 1. The van der Waals surface area contributed by atoms with E-state index in [1.54, 1.807) is 12.1 Å². The lowest BCUT2D eigenvalue weighted by Crippen LogP contribution is -2.36. The molecule has 1 aromatic heterocycles. The van der Waals surface area contributed by atoms with Crippen molar-refractivity contribution in [3.63, 3.8) is 0 Å². The summed E-state index contributed by atoms with van der Waals surface area (Å²) in [5, 5.41) is 0. The fourth-order valence-corrected chi connectivity index (χ4v) is 4.92. The Morgan fingerprint density at radius 1 is 1.31 bits per heavy atom. The van der Waals surface area contributed by atoms with Gasteiger partial charge in [0.2, 0.25) is 10.0 Å². The van der Waals surface area contributed by atoms with Crippen molar-refractivity contribution in [2.24, 2.45) is 0 Å². The highest BCUT2D eigenvalue weighted by atomic mass is 32.2. The minimum absolute atomic E-state index is 0.0381. The van der Waals surface area contributed by atoms with Gasteiger partial charge in [-0.25, -0.2) is 18.2 Å². The Bertz CT molecular complexity index is 946. The van der Waals surface area contributed by atoms with Crippen LogP contribution in [0.1, 0.15) is 52.9 Å². The molecule has 138 valence electrons. The predicted molar refractivity (Wildman–Crippen MR) is 92.2 cm³/mol. The van der Waals surface area contributed by atoms with Crippen molar-refractivity contribution >= 4 is 16.0 Å². The number of carbonyl (C=O) groups excluding carboxylic acids is 1. The van der Waals surface area contributed by atoms with E-state index in [2.05, 4.69) is 4.98 Å². The first kappa shape index (κ1) is 17.2. The maximum atomic E-state index is 13.1. The van der Waals surface area contributed by atoms with Crippen molar-refractivity contribution in [1.82, 2.24) is 9.29 Å². The van der Waals surface area contributed by atoms with E-state index in [-0.39, 0.29) is 17.0 Å². The molecule has 1 aliphatic heterocycles. The summed E-state index contributed by atoms with van der Waals surface area (Å²) in [5.41, 5.74) is 0.716. The minimum atomic E-state index is -3.84. The van der Waals surface area contributed by atoms with Gasteiger partial charge < -0.3 is 9.15 Å². The van der Waals surface area contributed by atoms with Gasteiger partial charge in [0.25, 0.3) is 0 Å². The van der Waals surface area contributed by atoms with Crippen molar-refractivity contribution in [2.75, 3.05) is 13.7 Å². The molecule has 0 amide bonds. The topological polar surface area (TPSA) is 89.7 Å². The minimum Gasteiger partial charge on any atom is -0.465 e. The van der Waals surface area contributed by atoms with E-state index < -0.39 is 16.0 Å². The highest BCUT2D eigenvalue weighted by Gasteiger charge is 2.35. The predicted octanol–water partition coefficient (Wildman–Crippen LogP) is 2.48. The maximum absolute atomic E-state index is 13.1. The molecule has 0 radical (unpaired) electrons. The molecule has 0 N–H and O–H groups in total. The SMILES string of the molecule is COC(=O)c1ccccc1S(=O)(=O)N1CCc2oc(C3CCC3)nc2C1. The van der Waals surface area contributed by atoms with Gasteiger partial charge in [0.1, 0.15) is 5.76 Å². The summed E-state index contributed by atoms with van der Waals surface area (Å²) < 4.78 is 38.1. The van der Waals surface area contributed by atoms with Crippen LogP contribution < -0.4 is 0 Å². The van der Waals surface area contributed by atoms with Crippen LogP contribution in [-0.2, 0) is 27.7 Å². The third-order valence-corrected chi connectivity index (χ3v) is 6.98. The second-order valence-electron chi connectivity index (χ2n) is 6.63. The second-order valence-corrected chi connectivity index (χ2v) is 8.53. The third-order valence-electron chi connectivity index (χ3n) is 5.07. The molecule has 2 aromatic rings. The van der Waals surface area contributed by atoms with Gasteiger partial charge in [-0.15, -0.1) is 0 Å². The Labute approximate surface area is 152 Å². The van der Waals surface area contributed by atoms with E-state index in [9.17, 15) is 13.2 Å². The molecule has 8 heteroatoms. The summed E-state index contributed by atoms with van der Waals surface area (Å²) in [6.07, 6.45) is 3.82. The molecule has 1 fully saturated rings. The lowest BCUT2D eigenvalue weighted by atomic mass is 9.85. The van der Waals surface area contributed by atoms with Gasteiger partial charge in [0, 0.05) is 18.9 Å². The van der Waals surface area contributed by atoms with Gasteiger partial charge in [-0.05, 0) is 25.0 Å². The lowest BCUT2D eigenvalue weighted by Gasteiger charge is -2.25. The quantitative estimate of drug-likeness (QED) is 0.762. The Balaban J connectivity index is 1.64. The van der Waals surface area contributed by atoms with Crippen molar-refractivity contribution in [1.29, 1.82) is 0 Å². The van der Waals surface area contributed by atoms with E-state index in [1.807, 2.05) is 0 Å². The number of hydrogen-bond donors (Lipinski definition) is 0. The Hall–Kier alpha value is -2.19. The van der Waals surface area contributed by atoms with Gasteiger partial charge >= 0.3 is 5.97 Å². The van der Waals surface area contributed by atoms with E-state index in [1.165, 1.54) is 30.0 Å². The summed E-state index contributed by atoms with van der Waals surface area (Å²) in [5.74, 6) is 1.20. The van der Waals surface area contributed by atoms with E-state index in [0.717, 1.165) is 24.5 Å². The van der Waals surface area contributed by atoms with Crippen LogP contribution in [0.2, 0.25) is 0 Å². The number of benzene rings is 1. The highest BCUT2D eigenvalue weighted by molar-refractivity contribution is 7.89. The van der Waals surface area contributed by atoms with Gasteiger partial charge in [-0.1, -0.05) is 18.6 Å². The number of rotatable bonds is 4. The first-order chi connectivity index (χ1) is 12.5. The van der Waals surface area contributed by atoms with E-state index in [4.69, 9.17) is 9.15 Å². The Morgan fingerprint density at radius 2 is 2.08 bits per heavy atom. The molecule has 1 saturated carbocycles. The first-order valence-corrected chi connectivity index (χ1v) is 10.1. The number of carbonyl (C=O) groups is 1. The zero-order chi connectivity index (χ0) is 18.3. The Morgan fingerprint density at radius 3 is 2.77 bits per heavy atom. The zero-order valence-electron chi connectivity index (χ0n) is 14.5. The van der Waals surface area contributed by atoms with Crippen LogP contribution in [0.5, 0.6) is 0 Å². The number of aromatic nitrogens is 1. The number of sulfonamides is 1. The standard InChI is InChI=1S/C18H20N2O5S/c1-24-18(21)13-7-2-3-8-16(13)26(22,23)20-10-9-15-14(11-20)19-17(25-15)12-5-4-6-12/h2-3,7-8,12H,4-6,9-11H2,1H3. The molecule has 0 atom stereocenters. The molecule has 0 unspecified atom stereocenters. The van der Waals surface area contributed by atoms with Gasteiger partial charge in [-0.3, -0.25) is 0 Å².